The van der Waals surface area contributed by atoms with Crippen LogP contribution in [-0.2, 0) is 18.9 Å². The van der Waals surface area contributed by atoms with Crippen molar-refractivity contribution >= 4 is 53.1 Å². The predicted octanol–water partition coefficient (Wildman–Crippen LogP) is 2.67. The summed E-state index contributed by atoms with van der Waals surface area (Å²) in [6, 6.07) is 5.04. The molecule has 2 heterocycles. The monoisotopic (exact) mass is 391 g/mol. The van der Waals surface area contributed by atoms with Crippen molar-refractivity contribution in [3.05, 3.63) is 34.5 Å². The molecular weight excluding hydrogens is 372 g/mol. The van der Waals surface area contributed by atoms with Crippen molar-refractivity contribution in [1.82, 2.24) is 4.98 Å². The van der Waals surface area contributed by atoms with Crippen LogP contribution in [0.1, 0.15) is 33.4 Å². The average molecular weight is 392 g/mol. The highest BCUT2D eigenvalue weighted by Crippen LogP contribution is 2.37. The molecule has 1 saturated heterocycles. The molecule has 1 aliphatic rings. The topological polar surface area (TPSA) is 109 Å². The maximum Gasteiger partial charge on any atom is 0.497 e. The van der Waals surface area contributed by atoms with Crippen molar-refractivity contribution in [3.8, 4) is 0 Å². The van der Waals surface area contributed by atoms with Crippen molar-refractivity contribution in [3.63, 3.8) is 0 Å². The number of halogens is 1. The van der Waals surface area contributed by atoms with E-state index in [9.17, 15) is 9.59 Å². The number of H-pyrrole nitrogens is 1. The van der Waals surface area contributed by atoms with Crippen molar-refractivity contribution in [2.75, 3.05) is 0 Å². The van der Waals surface area contributed by atoms with Crippen LogP contribution in [0.2, 0.25) is 5.02 Å². The van der Waals surface area contributed by atoms with Gasteiger partial charge in [-0.1, -0.05) is 11.6 Å². The van der Waals surface area contributed by atoms with E-state index in [1.807, 2.05) is 27.7 Å². The summed E-state index contributed by atoms with van der Waals surface area (Å²) in [4.78, 5) is 25.3. The molecule has 2 aromatic rings. The summed E-state index contributed by atoms with van der Waals surface area (Å²) in [5.41, 5.74) is -0.208. The minimum absolute atomic E-state index is 0.324. The van der Waals surface area contributed by atoms with Gasteiger partial charge in [-0.15, -0.1) is 0 Å². The molecule has 1 fully saturated rings. The van der Waals surface area contributed by atoms with Gasteiger partial charge in [0.2, 0.25) is 0 Å². The van der Waals surface area contributed by atoms with Crippen LogP contribution in [0.3, 0.4) is 0 Å². The second-order valence-electron chi connectivity index (χ2n) is 7.44. The highest BCUT2D eigenvalue weighted by Gasteiger charge is 2.52. The number of aliphatic carboxylic acids is 2. The normalized spacial score (nSPS) is 17.9. The van der Waals surface area contributed by atoms with Gasteiger partial charge in [-0.05, 0) is 52.0 Å². The molecule has 0 aliphatic carbocycles. The van der Waals surface area contributed by atoms with E-state index in [1.54, 1.807) is 18.2 Å². The Kier molecular flexibility index (Phi) is 4.62. The number of hydrogen-bond acceptors (Lipinski definition) is 4. The van der Waals surface area contributed by atoms with Crippen LogP contribution in [0, 0.1) is 0 Å². The Morgan fingerprint density at radius 3 is 2.15 bits per heavy atom. The standard InChI is InChI=1S/C18H19BClNO6/c1-17(2)18(3,4)27-19(26-17)13-7-10(20)5-9-6-11(21-14(9)13)8-12(15(22)23)16(24)25/h5-8,21H,1-4H3,(H,22,23)(H,24,25). The summed E-state index contributed by atoms with van der Waals surface area (Å²) in [6.45, 7) is 7.74. The third-order valence-electron chi connectivity index (χ3n) is 5.01. The van der Waals surface area contributed by atoms with E-state index in [2.05, 4.69) is 4.98 Å². The summed E-state index contributed by atoms with van der Waals surface area (Å²) in [6.07, 6.45) is 1.06. The van der Waals surface area contributed by atoms with Crippen LogP contribution in [0.15, 0.2) is 23.8 Å². The molecule has 0 atom stereocenters. The smallest absolute Gasteiger partial charge is 0.477 e. The molecule has 0 bridgehead atoms. The first-order valence-electron chi connectivity index (χ1n) is 8.27. The van der Waals surface area contributed by atoms with E-state index in [4.69, 9.17) is 31.1 Å². The van der Waals surface area contributed by atoms with Crippen LogP contribution >= 0.6 is 11.6 Å². The summed E-state index contributed by atoms with van der Waals surface area (Å²) < 4.78 is 12.2. The molecule has 9 heteroatoms. The number of carboxylic acids is 2. The molecule has 0 spiro atoms. The van der Waals surface area contributed by atoms with Crippen molar-refractivity contribution < 1.29 is 29.1 Å². The van der Waals surface area contributed by atoms with Gasteiger partial charge in [0.05, 0.1) is 11.2 Å². The lowest BCUT2D eigenvalue weighted by molar-refractivity contribution is -0.140. The quantitative estimate of drug-likeness (QED) is 0.320. The Bertz CT molecular complexity index is 946. The second-order valence-corrected chi connectivity index (χ2v) is 7.88. The minimum atomic E-state index is -1.52. The molecule has 142 valence electrons. The molecule has 1 aliphatic heterocycles. The number of rotatable bonds is 4. The zero-order valence-corrected chi connectivity index (χ0v) is 16.0. The number of nitrogens with one attached hydrogen (secondary N) is 1. The third-order valence-corrected chi connectivity index (χ3v) is 5.23. The van der Waals surface area contributed by atoms with E-state index in [-0.39, 0.29) is 0 Å². The van der Waals surface area contributed by atoms with Gasteiger partial charge in [0.15, 0.2) is 0 Å². The number of aromatic nitrogens is 1. The zero-order valence-electron chi connectivity index (χ0n) is 15.3. The van der Waals surface area contributed by atoms with E-state index >= 15 is 0 Å². The fourth-order valence-electron chi connectivity index (χ4n) is 2.86. The predicted molar refractivity (Wildman–Crippen MR) is 102 cm³/mol. The molecule has 0 saturated carbocycles. The molecule has 3 N–H and O–H groups in total. The van der Waals surface area contributed by atoms with Crippen molar-refractivity contribution in [1.29, 1.82) is 0 Å². The molecule has 0 amide bonds. The van der Waals surface area contributed by atoms with E-state index in [1.165, 1.54) is 0 Å². The van der Waals surface area contributed by atoms with Crippen molar-refractivity contribution in [2.24, 2.45) is 0 Å². The molecule has 27 heavy (non-hydrogen) atoms. The third kappa shape index (κ3) is 3.48. The van der Waals surface area contributed by atoms with Gasteiger partial charge in [-0.2, -0.15) is 0 Å². The van der Waals surface area contributed by atoms with Gasteiger partial charge in [-0.25, -0.2) is 9.59 Å². The van der Waals surface area contributed by atoms with Crippen molar-refractivity contribution in [2.45, 2.75) is 38.9 Å². The first-order chi connectivity index (χ1) is 12.4. The van der Waals surface area contributed by atoms with E-state index in [0.717, 1.165) is 6.08 Å². The fraction of sp³-hybridized carbons (Fsp3) is 0.333. The van der Waals surface area contributed by atoms with Crippen LogP contribution < -0.4 is 5.46 Å². The summed E-state index contributed by atoms with van der Waals surface area (Å²) >= 11 is 6.23. The number of carbonyl (C=O) groups is 2. The van der Waals surface area contributed by atoms with Crippen LogP contribution in [0.25, 0.3) is 17.0 Å². The number of fused-ring (bicyclic) bond motifs is 1. The van der Waals surface area contributed by atoms with Gasteiger partial charge in [-0.3, -0.25) is 0 Å². The summed E-state index contributed by atoms with van der Waals surface area (Å²) in [5.74, 6) is -3.05. The summed E-state index contributed by atoms with van der Waals surface area (Å²) in [5, 5.41) is 19.2. The van der Waals surface area contributed by atoms with Crippen LogP contribution in [0.4, 0.5) is 0 Å². The van der Waals surface area contributed by atoms with E-state index in [0.29, 0.717) is 27.1 Å². The number of carboxylic acid groups (broad SMARTS) is 2. The first-order valence-corrected chi connectivity index (χ1v) is 8.65. The maximum atomic E-state index is 11.1. The lowest BCUT2D eigenvalue weighted by Gasteiger charge is -2.32. The van der Waals surface area contributed by atoms with Crippen LogP contribution in [0.5, 0.6) is 0 Å². The largest absolute Gasteiger partial charge is 0.497 e. The van der Waals surface area contributed by atoms with Gasteiger partial charge in [0.1, 0.15) is 5.57 Å². The number of aromatic amines is 1. The highest BCUT2D eigenvalue weighted by atomic mass is 35.5. The number of hydrogen-bond donors (Lipinski definition) is 3. The first kappa shape index (κ1) is 19.5. The molecule has 1 aromatic heterocycles. The Morgan fingerprint density at radius 1 is 1.07 bits per heavy atom. The van der Waals surface area contributed by atoms with Gasteiger partial charge >= 0.3 is 19.1 Å². The summed E-state index contributed by atoms with van der Waals surface area (Å²) in [7, 11) is -0.676. The van der Waals surface area contributed by atoms with Gasteiger partial charge in [0, 0.05) is 27.1 Å². The molecule has 0 radical (unpaired) electrons. The number of benzene rings is 1. The Labute approximate surface area is 161 Å². The Hall–Kier alpha value is -2.29. The molecule has 1 aromatic carbocycles. The van der Waals surface area contributed by atoms with Gasteiger partial charge < -0.3 is 24.5 Å². The maximum absolute atomic E-state index is 11.1. The van der Waals surface area contributed by atoms with E-state index < -0.39 is 35.8 Å². The lowest BCUT2D eigenvalue weighted by atomic mass is 9.78. The average Bonchev–Trinajstić information content (AvgIpc) is 3.00. The Balaban J connectivity index is 2.11. The zero-order chi connectivity index (χ0) is 20.1. The molecular formula is C18H19BClNO6. The molecule has 3 rings (SSSR count). The highest BCUT2D eigenvalue weighted by molar-refractivity contribution is 6.65. The minimum Gasteiger partial charge on any atom is -0.477 e. The SMILES string of the molecule is CC1(C)OB(c2cc(Cl)cc3cc(C=C(C(=O)O)C(=O)O)[nH]c23)OC1(C)C. The van der Waals surface area contributed by atoms with Crippen LogP contribution in [-0.4, -0.2) is 45.5 Å². The second kappa shape index (κ2) is 6.40. The fourth-order valence-corrected chi connectivity index (χ4v) is 3.10. The molecule has 0 unspecified atom stereocenters. The lowest BCUT2D eigenvalue weighted by Crippen LogP contribution is -2.41. The van der Waals surface area contributed by atoms with Gasteiger partial charge in [0.25, 0.3) is 0 Å². The Morgan fingerprint density at radius 2 is 1.63 bits per heavy atom. The molecule has 7 nitrogen and oxygen atoms in total.